The van der Waals surface area contributed by atoms with Crippen molar-refractivity contribution in [1.29, 1.82) is 0 Å². The average Bonchev–Trinajstić information content (AvgIpc) is 3.35. The first kappa shape index (κ1) is 67.3. The third-order valence-electron chi connectivity index (χ3n) is 14.5. The molecule has 0 aromatic heterocycles. The Balaban J connectivity index is 3.43. The summed E-state index contributed by atoms with van der Waals surface area (Å²) in [5.74, 6) is -0.0691. The monoisotopic (exact) mass is 972 g/mol. The summed E-state index contributed by atoms with van der Waals surface area (Å²) in [5, 5.41) is 23.2. The third-order valence-corrected chi connectivity index (χ3v) is 14.5. The van der Waals surface area contributed by atoms with Gasteiger partial charge in [-0.25, -0.2) is 0 Å². The van der Waals surface area contributed by atoms with Gasteiger partial charge in [-0.15, -0.1) is 0 Å². The molecule has 0 aromatic carbocycles. The lowest BCUT2D eigenvalue weighted by Gasteiger charge is -2.20. The molecule has 0 heterocycles. The number of allylic oxidation sites excluding steroid dienone is 3. The summed E-state index contributed by atoms with van der Waals surface area (Å²) in [5.41, 5.74) is 0. The van der Waals surface area contributed by atoms with Gasteiger partial charge in [0.2, 0.25) is 5.91 Å². The number of rotatable bonds is 58. The molecule has 0 fully saturated rings. The van der Waals surface area contributed by atoms with Gasteiger partial charge >= 0.3 is 5.97 Å². The van der Waals surface area contributed by atoms with Crippen molar-refractivity contribution in [2.75, 3.05) is 13.2 Å². The number of unbranched alkanes of at least 4 members (excludes halogenated alkanes) is 45. The Hall–Kier alpha value is -1.66. The molecule has 0 rings (SSSR count). The highest BCUT2D eigenvalue weighted by Gasteiger charge is 2.18. The normalized spacial score (nSPS) is 12.7. The zero-order valence-electron chi connectivity index (χ0n) is 46.6. The number of esters is 1. The molecule has 0 saturated carbocycles. The second-order valence-corrected chi connectivity index (χ2v) is 21.4. The molecule has 69 heavy (non-hydrogen) atoms. The van der Waals surface area contributed by atoms with Gasteiger partial charge in [-0.2, -0.15) is 0 Å². The minimum absolute atomic E-state index is 0.00168. The maximum Gasteiger partial charge on any atom is 0.305 e. The van der Waals surface area contributed by atoms with Gasteiger partial charge in [0.05, 0.1) is 25.4 Å². The summed E-state index contributed by atoms with van der Waals surface area (Å²) in [6.45, 7) is 4.91. The first-order valence-electron chi connectivity index (χ1n) is 31.1. The summed E-state index contributed by atoms with van der Waals surface area (Å²) in [6.07, 6.45) is 72.1. The van der Waals surface area contributed by atoms with Gasteiger partial charge in [-0.3, -0.25) is 9.59 Å². The van der Waals surface area contributed by atoms with Gasteiger partial charge in [-0.05, 0) is 57.8 Å². The topological polar surface area (TPSA) is 95.9 Å². The first-order valence-corrected chi connectivity index (χ1v) is 31.1. The number of amides is 1. The van der Waals surface area contributed by atoms with Gasteiger partial charge < -0.3 is 20.3 Å². The van der Waals surface area contributed by atoms with E-state index >= 15 is 0 Å². The quantitative estimate of drug-likeness (QED) is 0.0321. The summed E-state index contributed by atoms with van der Waals surface area (Å²) in [6, 6.07) is -0.632. The van der Waals surface area contributed by atoms with Crippen LogP contribution in [0.4, 0.5) is 0 Å². The fraction of sp³-hybridized carbons (Fsp3) is 0.905. The third kappa shape index (κ3) is 55.5. The minimum Gasteiger partial charge on any atom is -0.466 e. The minimum atomic E-state index is -0.848. The van der Waals surface area contributed by atoms with Crippen LogP contribution in [0.3, 0.4) is 0 Å². The van der Waals surface area contributed by atoms with E-state index in [1.165, 1.54) is 270 Å². The predicted octanol–water partition coefficient (Wildman–Crippen LogP) is 19.4. The molecule has 6 heteroatoms. The molecule has 0 aliphatic heterocycles. The molecule has 2 unspecified atom stereocenters. The van der Waals surface area contributed by atoms with E-state index in [0.717, 1.165) is 44.9 Å². The number of hydrogen-bond donors (Lipinski definition) is 3. The van der Waals surface area contributed by atoms with E-state index in [0.29, 0.717) is 19.4 Å². The lowest BCUT2D eigenvalue weighted by atomic mass is 10.0. The zero-order chi connectivity index (χ0) is 50.0. The van der Waals surface area contributed by atoms with Crippen molar-refractivity contribution in [1.82, 2.24) is 5.32 Å². The second-order valence-electron chi connectivity index (χ2n) is 21.4. The van der Waals surface area contributed by atoms with Crippen LogP contribution in [0.5, 0.6) is 0 Å². The summed E-state index contributed by atoms with van der Waals surface area (Å²) in [4.78, 5) is 24.6. The Labute approximate surface area is 431 Å². The number of aliphatic hydroxyl groups is 2. The largest absolute Gasteiger partial charge is 0.466 e. The van der Waals surface area contributed by atoms with Crippen LogP contribution in [-0.2, 0) is 14.3 Å². The summed E-state index contributed by atoms with van der Waals surface area (Å²) in [7, 11) is 0. The van der Waals surface area contributed by atoms with Crippen LogP contribution < -0.4 is 5.32 Å². The van der Waals surface area contributed by atoms with Crippen LogP contribution in [0.1, 0.15) is 341 Å². The van der Waals surface area contributed by atoms with Crippen molar-refractivity contribution in [2.24, 2.45) is 0 Å². The van der Waals surface area contributed by atoms with Crippen LogP contribution in [0.2, 0.25) is 0 Å². The fourth-order valence-corrected chi connectivity index (χ4v) is 9.69. The molecule has 0 aliphatic carbocycles. The van der Waals surface area contributed by atoms with Crippen LogP contribution >= 0.6 is 0 Å². The first-order chi connectivity index (χ1) is 34.0. The van der Waals surface area contributed by atoms with Crippen LogP contribution in [0, 0.1) is 0 Å². The predicted molar refractivity (Wildman–Crippen MR) is 301 cm³/mol. The number of ether oxygens (including phenoxy) is 1. The molecule has 0 radical (unpaired) electrons. The molecule has 0 spiro atoms. The van der Waals surface area contributed by atoms with Crippen molar-refractivity contribution >= 4 is 11.9 Å². The van der Waals surface area contributed by atoms with Crippen LogP contribution in [0.15, 0.2) is 24.3 Å². The highest BCUT2D eigenvalue weighted by molar-refractivity contribution is 5.76. The van der Waals surface area contributed by atoms with Gasteiger partial charge in [0.15, 0.2) is 0 Å². The number of hydrogen-bond acceptors (Lipinski definition) is 5. The van der Waals surface area contributed by atoms with E-state index in [2.05, 4.69) is 31.3 Å². The van der Waals surface area contributed by atoms with E-state index in [9.17, 15) is 19.8 Å². The van der Waals surface area contributed by atoms with Crippen LogP contribution in [-0.4, -0.2) is 47.4 Å². The molecule has 1 amide bonds. The van der Waals surface area contributed by atoms with Crippen molar-refractivity contribution in [3.05, 3.63) is 24.3 Å². The molecule has 0 aromatic rings. The maximum absolute atomic E-state index is 12.5. The Morgan fingerprint density at radius 2 is 0.681 bits per heavy atom. The lowest BCUT2D eigenvalue weighted by Crippen LogP contribution is -2.45. The van der Waals surface area contributed by atoms with Crippen molar-refractivity contribution < 1.29 is 24.5 Å². The summed E-state index contributed by atoms with van der Waals surface area (Å²) >= 11 is 0. The maximum atomic E-state index is 12.5. The Bertz CT molecular complexity index is 1080. The van der Waals surface area contributed by atoms with Gasteiger partial charge in [-0.1, -0.05) is 295 Å². The molecule has 2 atom stereocenters. The molecular formula is C63H121NO5. The van der Waals surface area contributed by atoms with E-state index in [1.54, 1.807) is 6.08 Å². The molecule has 408 valence electrons. The zero-order valence-corrected chi connectivity index (χ0v) is 46.6. The number of carbonyl (C=O) groups excluding carboxylic acids is 2. The van der Waals surface area contributed by atoms with Crippen molar-refractivity contribution in [3.8, 4) is 0 Å². The van der Waals surface area contributed by atoms with Gasteiger partial charge in [0.25, 0.3) is 0 Å². The van der Waals surface area contributed by atoms with Gasteiger partial charge in [0, 0.05) is 12.8 Å². The van der Waals surface area contributed by atoms with Crippen molar-refractivity contribution in [2.45, 2.75) is 353 Å². The smallest absolute Gasteiger partial charge is 0.305 e. The molecule has 0 saturated heterocycles. The Morgan fingerprint density at radius 3 is 1.03 bits per heavy atom. The van der Waals surface area contributed by atoms with E-state index < -0.39 is 12.1 Å². The number of nitrogens with one attached hydrogen (secondary N) is 1. The molecule has 3 N–H and O–H groups in total. The average molecular weight is 973 g/mol. The highest BCUT2D eigenvalue weighted by atomic mass is 16.5. The fourth-order valence-electron chi connectivity index (χ4n) is 9.69. The highest BCUT2D eigenvalue weighted by Crippen LogP contribution is 2.17. The lowest BCUT2D eigenvalue weighted by molar-refractivity contribution is -0.143. The Kier molecular flexibility index (Phi) is 57.5. The van der Waals surface area contributed by atoms with E-state index in [-0.39, 0.29) is 18.5 Å². The molecule has 6 nitrogen and oxygen atoms in total. The van der Waals surface area contributed by atoms with Crippen molar-refractivity contribution in [3.63, 3.8) is 0 Å². The SMILES string of the molecule is CCCCCCCC/C=C\CCCCCCCCCC(=O)OCCCCCCCCCCCCCCCCCCCC(=O)NC(CO)C(O)/C=C/CCCCCCCCCCCCCCCCCC. The second kappa shape index (κ2) is 58.9. The Morgan fingerprint density at radius 1 is 0.391 bits per heavy atom. The standard InChI is InChI=1S/C63H121NO5/c1-3-5-7-9-11-13-15-17-19-21-24-27-31-35-39-43-47-51-55-61(66)60(59-65)64-62(67)56-52-48-44-40-36-32-28-25-22-26-30-34-38-42-46-50-54-58-69-63(68)57-53-49-45-41-37-33-29-23-20-18-16-14-12-10-8-6-4-2/h18,20,51,55,60-61,65-66H,3-17,19,21-50,52-54,56-59H2,1-2H3,(H,64,67)/b20-18-,55-51+. The molecular weight excluding hydrogens is 851 g/mol. The molecule has 0 bridgehead atoms. The van der Waals surface area contributed by atoms with Crippen LogP contribution in [0.25, 0.3) is 0 Å². The number of carbonyl (C=O) groups is 2. The van der Waals surface area contributed by atoms with E-state index in [1.807, 2.05) is 6.08 Å². The van der Waals surface area contributed by atoms with E-state index in [4.69, 9.17) is 4.74 Å². The van der Waals surface area contributed by atoms with Gasteiger partial charge in [0.1, 0.15) is 0 Å². The number of aliphatic hydroxyl groups excluding tert-OH is 2. The molecule has 0 aliphatic rings. The summed E-state index contributed by atoms with van der Waals surface area (Å²) < 4.78 is 5.49.